The van der Waals surface area contributed by atoms with Crippen molar-refractivity contribution in [1.29, 1.82) is 0 Å². The van der Waals surface area contributed by atoms with Crippen LogP contribution >= 0.6 is 27.5 Å². The highest BCUT2D eigenvalue weighted by molar-refractivity contribution is 9.10. The monoisotopic (exact) mass is 488 g/mol. The summed E-state index contributed by atoms with van der Waals surface area (Å²) in [4.78, 5) is 31.5. The number of ether oxygens (including phenoxy) is 2. The predicted octanol–water partition coefficient (Wildman–Crippen LogP) is 3.56. The normalized spacial score (nSPS) is 14.2. The van der Waals surface area contributed by atoms with Crippen molar-refractivity contribution in [2.45, 2.75) is 33.3 Å². The van der Waals surface area contributed by atoms with Gasteiger partial charge in [-0.15, -0.1) is 0 Å². The molecular weight excluding hydrogens is 464 g/mol. The number of nitrogens with zero attached hydrogens (tertiary/aromatic N) is 2. The van der Waals surface area contributed by atoms with Gasteiger partial charge in [-0.3, -0.25) is 4.79 Å². The van der Waals surface area contributed by atoms with Crippen LogP contribution in [0.3, 0.4) is 0 Å². The van der Waals surface area contributed by atoms with Crippen LogP contribution in [0.25, 0.3) is 10.9 Å². The van der Waals surface area contributed by atoms with E-state index in [1.807, 2.05) is 27.7 Å². The van der Waals surface area contributed by atoms with Crippen molar-refractivity contribution < 1.29 is 14.3 Å². The number of hydrogen-bond donors (Lipinski definition) is 2. The first-order valence-electron chi connectivity index (χ1n) is 9.31. The molecule has 3 rings (SSSR count). The zero-order valence-electron chi connectivity index (χ0n) is 17.0. The maximum Gasteiger partial charge on any atom is 0.410 e. The molecule has 1 aromatic carbocycles. The van der Waals surface area contributed by atoms with Crippen LogP contribution in [0.5, 0.6) is 5.75 Å². The summed E-state index contributed by atoms with van der Waals surface area (Å²) < 4.78 is 11.3. The van der Waals surface area contributed by atoms with Gasteiger partial charge in [-0.1, -0.05) is 11.6 Å². The van der Waals surface area contributed by atoms with Crippen molar-refractivity contribution in [3.63, 3.8) is 0 Å². The molecule has 0 radical (unpaired) electrons. The Morgan fingerprint density at radius 1 is 1.34 bits per heavy atom. The molecule has 2 aromatic rings. The molecule has 0 bridgehead atoms. The number of nitrogens with one attached hydrogen (secondary N) is 2. The third kappa shape index (κ3) is 6.58. The Morgan fingerprint density at radius 2 is 2.00 bits per heavy atom. The maximum absolute atomic E-state index is 11.7. The fourth-order valence-corrected chi connectivity index (χ4v) is 3.20. The van der Waals surface area contributed by atoms with Crippen LogP contribution < -0.4 is 15.6 Å². The number of piperazine rings is 1. The smallest absolute Gasteiger partial charge is 0.410 e. The van der Waals surface area contributed by atoms with Gasteiger partial charge in [0.05, 0.1) is 23.5 Å². The lowest BCUT2D eigenvalue weighted by Crippen LogP contribution is -2.48. The third-order valence-corrected chi connectivity index (χ3v) is 5.07. The fraction of sp³-hybridized carbons (Fsp3) is 0.526. The predicted molar refractivity (Wildman–Crippen MR) is 117 cm³/mol. The van der Waals surface area contributed by atoms with Gasteiger partial charge in [0.15, 0.2) is 5.75 Å². The van der Waals surface area contributed by atoms with E-state index in [1.165, 1.54) is 6.33 Å². The molecule has 1 aliphatic heterocycles. The minimum atomic E-state index is -0.387. The molecule has 1 aromatic heterocycles. The van der Waals surface area contributed by atoms with E-state index >= 15 is 0 Å². The summed E-state index contributed by atoms with van der Waals surface area (Å²) in [6.07, 6.45) is 1.15. The molecule has 10 heteroatoms. The number of halogens is 2. The van der Waals surface area contributed by atoms with Gasteiger partial charge in [-0.25, -0.2) is 9.78 Å². The number of fused-ring (bicyclic) bond motifs is 1. The number of aromatic amines is 1. The van der Waals surface area contributed by atoms with Gasteiger partial charge in [-0.05, 0) is 49.7 Å². The molecule has 0 atom stereocenters. The van der Waals surface area contributed by atoms with Crippen LogP contribution in [0.2, 0.25) is 5.02 Å². The molecule has 8 nitrogen and oxygen atoms in total. The quantitative estimate of drug-likeness (QED) is 0.669. The Morgan fingerprint density at radius 3 is 2.59 bits per heavy atom. The molecular formula is C19H26BrClN4O4. The number of hydrogen-bond acceptors (Lipinski definition) is 6. The molecule has 2 heterocycles. The number of aromatic nitrogens is 2. The van der Waals surface area contributed by atoms with Crippen molar-refractivity contribution in [2.75, 3.05) is 32.8 Å². The van der Waals surface area contributed by atoms with E-state index in [0.717, 1.165) is 26.2 Å². The summed E-state index contributed by atoms with van der Waals surface area (Å²) >= 11 is 9.37. The van der Waals surface area contributed by atoms with Gasteiger partial charge >= 0.3 is 6.09 Å². The average molecular weight is 490 g/mol. The van der Waals surface area contributed by atoms with Gasteiger partial charge in [0.2, 0.25) is 0 Å². The van der Waals surface area contributed by atoms with Crippen LogP contribution in [0.4, 0.5) is 4.79 Å². The number of rotatable bonds is 2. The Labute approximate surface area is 183 Å². The van der Waals surface area contributed by atoms with Gasteiger partial charge < -0.3 is 24.7 Å². The first-order valence-corrected chi connectivity index (χ1v) is 10.5. The third-order valence-electron chi connectivity index (χ3n) is 3.84. The van der Waals surface area contributed by atoms with E-state index in [2.05, 4.69) is 31.2 Å². The molecule has 1 saturated heterocycles. The van der Waals surface area contributed by atoms with Gasteiger partial charge in [0, 0.05) is 30.7 Å². The van der Waals surface area contributed by atoms with Crippen LogP contribution in [0, 0.1) is 0 Å². The average Bonchev–Trinajstić information content (AvgIpc) is 2.65. The second-order valence-electron chi connectivity index (χ2n) is 7.28. The highest BCUT2D eigenvalue weighted by atomic mass is 79.9. The minimum Gasteiger partial charge on any atom is -0.491 e. The van der Waals surface area contributed by atoms with E-state index < -0.39 is 0 Å². The van der Waals surface area contributed by atoms with Gasteiger partial charge in [-0.2, -0.15) is 0 Å². The van der Waals surface area contributed by atoms with E-state index in [-0.39, 0.29) is 17.3 Å². The molecule has 0 saturated carbocycles. The molecule has 0 spiro atoms. The second kappa shape index (κ2) is 10.3. The summed E-state index contributed by atoms with van der Waals surface area (Å²) in [5.41, 5.74) is -0.103. The SMILES string of the molecule is CC(C)(C)OC(=O)N1CCNCC1.CCOc1c(Cl)c(Br)cc2nc[nH]c(=O)c12. The Kier molecular flexibility index (Phi) is 8.30. The molecule has 160 valence electrons. The summed E-state index contributed by atoms with van der Waals surface area (Å²) in [6.45, 7) is 11.1. The van der Waals surface area contributed by atoms with E-state index in [1.54, 1.807) is 11.0 Å². The molecule has 0 unspecified atom stereocenters. The summed E-state index contributed by atoms with van der Waals surface area (Å²) in [6, 6.07) is 1.69. The summed E-state index contributed by atoms with van der Waals surface area (Å²) in [5.74, 6) is 0.364. The number of H-pyrrole nitrogens is 1. The maximum atomic E-state index is 11.7. The van der Waals surface area contributed by atoms with Gasteiger partial charge in [0.25, 0.3) is 5.56 Å². The molecule has 0 aliphatic carbocycles. The lowest BCUT2D eigenvalue weighted by molar-refractivity contribution is 0.0229. The number of benzene rings is 1. The van der Waals surface area contributed by atoms with E-state index in [4.69, 9.17) is 21.1 Å². The zero-order chi connectivity index (χ0) is 21.6. The molecule has 29 heavy (non-hydrogen) atoms. The van der Waals surface area contributed by atoms with Crippen molar-refractivity contribution in [2.24, 2.45) is 0 Å². The minimum absolute atomic E-state index is 0.200. The molecule has 1 fully saturated rings. The first-order chi connectivity index (χ1) is 13.6. The van der Waals surface area contributed by atoms with Crippen molar-refractivity contribution in [1.82, 2.24) is 20.2 Å². The van der Waals surface area contributed by atoms with Crippen LogP contribution in [0.1, 0.15) is 27.7 Å². The van der Waals surface area contributed by atoms with Crippen LogP contribution in [-0.2, 0) is 4.74 Å². The summed E-state index contributed by atoms with van der Waals surface area (Å²) in [7, 11) is 0. The molecule has 2 N–H and O–H groups in total. The fourth-order valence-electron chi connectivity index (χ4n) is 2.60. The van der Waals surface area contributed by atoms with Crippen LogP contribution in [-0.4, -0.2) is 59.3 Å². The first kappa shape index (κ1) is 23.4. The highest BCUT2D eigenvalue weighted by Crippen LogP contribution is 2.36. The van der Waals surface area contributed by atoms with Crippen molar-refractivity contribution >= 4 is 44.5 Å². The Hall–Kier alpha value is -1.84. The topological polar surface area (TPSA) is 96.5 Å². The number of carbonyl (C=O) groups is 1. The lowest BCUT2D eigenvalue weighted by Gasteiger charge is -2.30. The number of amides is 1. The summed E-state index contributed by atoms with van der Waals surface area (Å²) in [5, 5.41) is 3.94. The van der Waals surface area contributed by atoms with Crippen molar-refractivity contribution in [3.05, 3.63) is 32.2 Å². The molecule has 1 aliphatic rings. The Bertz CT molecular complexity index is 907. The second-order valence-corrected chi connectivity index (χ2v) is 8.51. The standard InChI is InChI=1S/C10H8BrClN2O2.C9H18N2O2/c1-2-16-9-7-6(3-5(11)8(9)12)13-4-14-10(7)15;1-9(2,3)13-8(12)11-6-4-10-5-7-11/h3-4H,2H2,1H3,(H,13,14,15);10H,4-7H2,1-3H3. The number of carbonyl (C=O) groups excluding carboxylic acids is 1. The largest absolute Gasteiger partial charge is 0.491 e. The van der Waals surface area contributed by atoms with Crippen molar-refractivity contribution in [3.8, 4) is 5.75 Å². The lowest BCUT2D eigenvalue weighted by atomic mass is 10.2. The van der Waals surface area contributed by atoms with E-state index in [0.29, 0.717) is 32.8 Å². The van der Waals surface area contributed by atoms with Crippen LogP contribution in [0.15, 0.2) is 21.7 Å². The zero-order valence-corrected chi connectivity index (χ0v) is 19.3. The Balaban J connectivity index is 0.000000212. The van der Waals surface area contributed by atoms with Gasteiger partial charge in [0.1, 0.15) is 11.0 Å². The molecule has 1 amide bonds. The van der Waals surface area contributed by atoms with E-state index in [9.17, 15) is 9.59 Å². The highest BCUT2D eigenvalue weighted by Gasteiger charge is 2.22.